The largest absolute Gasteiger partial charge is 0.483 e. The number of carboxylic acids is 1. The molecule has 0 aromatic heterocycles. The number of carbonyl (C=O) groups excluding carboxylic acids is 1. The first-order chi connectivity index (χ1) is 9.83. The molecule has 2 N–H and O–H groups in total. The molecule has 1 fully saturated rings. The van der Waals surface area contributed by atoms with E-state index in [-0.39, 0.29) is 12.5 Å². The van der Waals surface area contributed by atoms with Gasteiger partial charge in [0.25, 0.3) is 5.91 Å². The highest BCUT2D eigenvalue weighted by Gasteiger charge is 2.48. The van der Waals surface area contributed by atoms with Crippen LogP contribution in [0.3, 0.4) is 0 Å². The number of ether oxygens (including phenoxy) is 1. The minimum atomic E-state index is -1.20. The van der Waals surface area contributed by atoms with Crippen molar-refractivity contribution in [2.45, 2.75) is 32.2 Å². The molecule has 0 saturated heterocycles. The number of aryl methyl sites for hydroxylation is 1. The quantitative estimate of drug-likeness (QED) is 0.821. The molecule has 114 valence electrons. The molecule has 0 bridgehead atoms. The molecule has 1 aliphatic rings. The molecule has 21 heavy (non-hydrogen) atoms. The van der Waals surface area contributed by atoms with Crippen molar-refractivity contribution >= 4 is 27.8 Å². The third-order valence-electron chi connectivity index (χ3n) is 3.68. The van der Waals surface area contributed by atoms with Crippen LogP contribution in [0.4, 0.5) is 0 Å². The predicted molar refractivity (Wildman–Crippen MR) is 81.3 cm³/mol. The zero-order valence-corrected chi connectivity index (χ0v) is 13.6. The van der Waals surface area contributed by atoms with Crippen molar-refractivity contribution in [1.82, 2.24) is 5.32 Å². The number of aliphatic carboxylic acids is 1. The van der Waals surface area contributed by atoms with E-state index >= 15 is 0 Å². The SMILES string of the molecule is Cc1ccc(OCC(=O)NC(C)(C(=O)O)C2CC2)c(Br)c1. The van der Waals surface area contributed by atoms with Crippen LogP contribution in [-0.2, 0) is 9.59 Å². The third kappa shape index (κ3) is 3.75. The van der Waals surface area contributed by atoms with Crippen LogP contribution in [0.5, 0.6) is 5.75 Å². The molecule has 6 heteroatoms. The number of hydrogen-bond acceptors (Lipinski definition) is 3. The van der Waals surface area contributed by atoms with E-state index in [0.29, 0.717) is 5.75 Å². The van der Waals surface area contributed by atoms with Crippen LogP contribution >= 0.6 is 15.9 Å². The number of carbonyl (C=O) groups is 2. The average molecular weight is 356 g/mol. The van der Waals surface area contributed by atoms with Gasteiger partial charge in [-0.3, -0.25) is 4.79 Å². The molecule has 1 unspecified atom stereocenters. The molecule has 2 rings (SSSR count). The highest BCUT2D eigenvalue weighted by Crippen LogP contribution is 2.39. The van der Waals surface area contributed by atoms with Gasteiger partial charge in [-0.05, 0) is 66.2 Å². The highest BCUT2D eigenvalue weighted by molar-refractivity contribution is 9.10. The molecule has 0 heterocycles. The Hall–Kier alpha value is -1.56. The minimum absolute atomic E-state index is 0.00469. The van der Waals surface area contributed by atoms with E-state index < -0.39 is 17.4 Å². The van der Waals surface area contributed by atoms with Gasteiger partial charge in [0.1, 0.15) is 11.3 Å². The predicted octanol–water partition coefficient (Wildman–Crippen LogP) is 2.51. The lowest BCUT2D eigenvalue weighted by molar-refractivity contribution is -0.148. The first-order valence-corrected chi connectivity index (χ1v) is 7.55. The summed E-state index contributed by atoms with van der Waals surface area (Å²) in [6.45, 7) is 3.29. The topological polar surface area (TPSA) is 75.6 Å². The van der Waals surface area contributed by atoms with E-state index in [1.165, 1.54) is 0 Å². The maximum Gasteiger partial charge on any atom is 0.329 e. The number of rotatable bonds is 6. The summed E-state index contributed by atoms with van der Waals surface area (Å²) in [6, 6.07) is 5.53. The van der Waals surface area contributed by atoms with Crippen LogP contribution in [0, 0.1) is 12.8 Å². The molecule has 1 atom stereocenters. The number of carboxylic acid groups (broad SMARTS) is 1. The summed E-state index contributed by atoms with van der Waals surface area (Å²) in [4.78, 5) is 23.3. The normalized spacial score (nSPS) is 16.9. The maximum atomic E-state index is 11.9. The highest BCUT2D eigenvalue weighted by atomic mass is 79.9. The van der Waals surface area contributed by atoms with E-state index in [4.69, 9.17) is 4.74 Å². The van der Waals surface area contributed by atoms with Gasteiger partial charge in [-0.1, -0.05) is 6.07 Å². The van der Waals surface area contributed by atoms with Crippen molar-refractivity contribution < 1.29 is 19.4 Å². The molecule has 1 aromatic rings. The van der Waals surface area contributed by atoms with Crippen LogP contribution in [-0.4, -0.2) is 29.1 Å². The van der Waals surface area contributed by atoms with Gasteiger partial charge in [0.05, 0.1) is 4.47 Å². The van der Waals surface area contributed by atoms with Gasteiger partial charge in [0.15, 0.2) is 6.61 Å². The Kier molecular flexibility index (Phi) is 4.56. The number of nitrogens with one attached hydrogen (secondary N) is 1. The smallest absolute Gasteiger partial charge is 0.329 e. The molecule has 0 aliphatic heterocycles. The molecule has 1 aliphatic carbocycles. The summed E-state index contributed by atoms with van der Waals surface area (Å²) in [6.07, 6.45) is 1.65. The summed E-state index contributed by atoms with van der Waals surface area (Å²) < 4.78 is 6.19. The van der Waals surface area contributed by atoms with Crippen molar-refractivity contribution in [2.75, 3.05) is 6.61 Å². The molecule has 5 nitrogen and oxygen atoms in total. The number of hydrogen-bond donors (Lipinski definition) is 2. The van der Waals surface area contributed by atoms with Crippen LogP contribution in [0.15, 0.2) is 22.7 Å². The van der Waals surface area contributed by atoms with Crippen molar-refractivity contribution in [3.63, 3.8) is 0 Å². The van der Waals surface area contributed by atoms with Gasteiger partial charge in [-0.15, -0.1) is 0 Å². The van der Waals surface area contributed by atoms with E-state index in [2.05, 4.69) is 21.2 Å². The fourth-order valence-electron chi connectivity index (χ4n) is 2.18. The fraction of sp³-hybridized carbons (Fsp3) is 0.467. The zero-order valence-electron chi connectivity index (χ0n) is 12.0. The Morgan fingerprint density at radius 3 is 2.67 bits per heavy atom. The third-order valence-corrected chi connectivity index (χ3v) is 4.30. The van der Waals surface area contributed by atoms with Crippen molar-refractivity contribution in [1.29, 1.82) is 0 Å². The van der Waals surface area contributed by atoms with Gasteiger partial charge >= 0.3 is 5.97 Å². The van der Waals surface area contributed by atoms with Gasteiger partial charge < -0.3 is 15.2 Å². The molecule has 1 saturated carbocycles. The molecular formula is C15H18BrNO4. The number of halogens is 1. The van der Waals surface area contributed by atoms with Crippen molar-refractivity contribution in [3.05, 3.63) is 28.2 Å². The summed E-state index contributed by atoms with van der Waals surface area (Å²) in [5, 5.41) is 11.9. The van der Waals surface area contributed by atoms with Crippen LogP contribution in [0.1, 0.15) is 25.3 Å². The first kappa shape index (κ1) is 15.8. The Morgan fingerprint density at radius 2 is 2.14 bits per heavy atom. The molecular weight excluding hydrogens is 338 g/mol. The average Bonchev–Trinajstić information content (AvgIpc) is 3.21. The lowest BCUT2D eigenvalue weighted by atomic mass is 9.96. The van der Waals surface area contributed by atoms with Crippen LogP contribution in [0.25, 0.3) is 0 Å². The Balaban J connectivity index is 1.94. The van der Waals surface area contributed by atoms with E-state index in [9.17, 15) is 14.7 Å². The Bertz CT molecular complexity index is 571. The van der Waals surface area contributed by atoms with E-state index in [1.807, 2.05) is 19.1 Å². The molecule has 0 spiro atoms. The van der Waals surface area contributed by atoms with Crippen LogP contribution < -0.4 is 10.1 Å². The summed E-state index contributed by atoms with van der Waals surface area (Å²) in [5.41, 5.74) is -0.129. The van der Waals surface area contributed by atoms with E-state index in [1.54, 1.807) is 13.0 Å². The monoisotopic (exact) mass is 355 g/mol. The van der Waals surface area contributed by atoms with E-state index in [0.717, 1.165) is 22.9 Å². The number of benzene rings is 1. The van der Waals surface area contributed by atoms with Gasteiger partial charge in [0, 0.05) is 0 Å². The first-order valence-electron chi connectivity index (χ1n) is 6.76. The van der Waals surface area contributed by atoms with Gasteiger partial charge in [-0.25, -0.2) is 4.79 Å². The second-order valence-electron chi connectivity index (χ2n) is 5.55. The summed E-state index contributed by atoms with van der Waals surface area (Å²) >= 11 is 3.36. The minimum Gasteiger partial charge on any atom is -0.483 e. The van der Waals surface area contributed by atoms with Crippen molar-refractivity contribution in [2.24, 2.45) is 5.92 Å². The van der Waals surface area contributed by atoms with Gasteiger partial charge in [0.2, 0.25) is 0 Å². The Labute approximate surface area is 131 Å². The Morgan fingerprint density at radius 1 is 1.48 bits per heavy atom. The summed E-state index contributed by atoms with van der Waals surface area (Å²) in [7, 11) is 0. The van der Waals surface area contributed by atoms with Crippen molar-refractivity contribution in [3.8, 4) is 5.75 Å². The summed E-state index contributed by atoms with van der Waals surface area (Å²) in [5.74, 6) is -0.876. The fourth-order valence-corrected chi connectivity index (χ4v) is 2.79. The second kappa shape index (κ2) is 6.05. The van der Waals surface area contributed by atoms with Gasteiger partial charge in [-0.2, -0.15) is 0 Å². The van der Waals surface area contributed by atoms with Crippen LogP contribution in [0.2, 0.25) is 0 Å². The lowest BCUT2D eigenvalue weighted by Crippen LogP contribution is -2.55. The maximum absolute atomic E-state index is 11.9. The number of amides is 1. The molecule has 0 radical (unpaired) electrons. The zero-order chi connectivity index (χ0) is 15.6. The second-order valence-corrected chi connectivity index (χ2v) is 6.41. The lowest BCUT2D eigenvalue weighted by Gasteiger charge is -2.26. The molecule has 1 amide bonds. The standard InChI is InChI=1S/C15H18BrNO4/c1-9-3-6-12(11(16)7-9)21-8-13(18)17-15(2,14(19)20)10-4-5-10/h3,6-7,10H,4-5,8H2,1-2H3,(H,17,18)(H,19,20). The molecule has 1 aromatic carbocycles.